The molecule has 5 aromatic carbocycles. The van der Waals surface area contributed by atoms with E-state index >= 15 is 0 Å². The van der Waals surface area contributed by atoms with Crippen LogP contribution in [0, 0.1) is 7.40 Å². The van der Waals surface area contributed by atoms with E-state index < -0.39 is 24.1 Å². The summed E-state index contributed by atoms with van der Waals surface area (Å²) in [4.78, 5) is 79.1. The van der Waals surface area contributed by atoms with Crippen molar-refractivity contribution in [3.63, 3.8) is 0 Å². The number of ether oxygens (including phenoxy) is 1. The van der Waals surface area contributed by atoms with Gasteiger partial charge in [0.15, 0.2) is 22.8 Å². The number of likely N-dealkylation sites (N-methyl/N-ethyl adjacent to an activating group) is 3. The number of nitrogens with one attached hydrogen (secondary N) is 3. The van der Waals surface area contributed by atoms with Crippen LogP contribution in [0.3, 0.4) is 0 Å². The molecule has 28 nitrogen and oxygen atoms in total. The maximum Gasteiger partial charge on any atom is 0.488 e. The van der Waals surface area contributed by atoms with Gasteiger partial charge in [-0.25, -0.2) is 48.7 Å². The Morgan fingerprint density at radius 1 is 0.556 bits per heavy atom. The second-order valence-electron chi connectivity index (χ2n) is 26.3. The Kier molecular flexibility index (Phi) is 28.1. The van der Waals surface area contributed by atoms with Gasteiger partial charge in [0.1, 0.15) is 49.3 Å². The zero-order chi connectivity index (χ0) is 77.3. The average molecular weight is 1750 g/mol. The number of carbonyl (C=O) groups excluding carboxylic acids is 4. The highest BCUT2D eigenvalue weighted by molar-refractivity contribution is 14.1. The van der Waals surface area contributed by atoms with Crippen LogP contribution in [0.15, 0.2) is 177 Å². The maximum absolute atomic E-state index is 12.4. The molecule has 0 atom stereocenters. The minimum atomic E-state index is -1.41. The number of carbonyl (C=O) groups is 4. The molecule has 0 aliphatic heterocycles. The van der Waals surface area contributed by atoms with Crippen molar-refractivity contribution in [1.82, 2.24) is 73.9 Å². The van der Waals surface area contributed by atoms with Gasteiger partial charge < -0.3 is 42.6 Å². The topological polar surface area (TPSA) is 373 Å². The Morgan fingerprint density at radius 2 is 0.972 bits per heavy atom. The predicted octanol–water partition coefficient (Wildman–Crippen LogP) is 11.7. The van der Waals surface area contributed by atoms with Gasteiger partial charge in [0, 0.05) is 82.6 Å². The van der Waals surface area contributed by atoms with Gasteiger partial charge in [-0.1, -0.05) is 83.9 Å². The van der Waals surface area contributed by atoms with Crippen LogP contribution in [0.25, 0.3) is 61.4 Å². The van der Waals surface area contributed by atoms with Crippen LogP contribution in [0.1, 0.15) is 59.3 Å². The molecule has 3 amide bonds. The van der Waals surface area contributed by atoms with Gasteiger partial charge in [-0.05, 0) is 228 Å². The molecule has 14 rings (SSSR count). The van der Waals surface area contributed by atoms with E-state index in [0.29, 0.717) is 99.2 Å². The molecule has 34 heteroatoms. The Balaban J connectivity index is 0.000000153. The summed E-state index contributed by atoms with van der Waals surface area (Å²) in [6.45, 7) is 7.74. The summed E-state index contributed by atoms with van der Waals surface area (Å²) in [6, 6.07) is 38.0. The third-order valence-electron chi connectivity index (χ3n) is 16.6. The molecule has 6 aromatic heterocycles. The van der Waals surface area contributed by atoms with E-state index in [-0.39, 0.29) is 11.8 Å². The number of fused-ring (bicyclic) bond motifs is 3. The molecule has 0 bridgehead atoms. The van der Waals surface area contributed by atoms with E-state index in [4.69, 9.17) is 71.9 Å². The fourth-order valence-corrected chi connectivity index (χ4v) is 12.5. The van der Waals surface area contributed by atoms with Gasteiger partial charge >= 0.3 is 13.2 Å². The first-order chi connectivity index (χ1) is 51.7. The second kappa shape index (κ2) is 37.5. The summed E-state index contributed by atoms with van der Waals surface area (Å²) in [5, 5.41) is 42.4. The predicted molar refractivity (Wildman–Crippen MR) is 443 cm³/mol. The second-order valence-corrected chi connectivity index (χ2v) is 29.5. The molecule has 0 spiro atoms. The highest BCUT2D eigenvalue weighted by atomic mass is 127. The third kappa shape index (κ3) is 23.2. The molecule has 11 N–H and O–H groups in total. The minimum Gasteiger partial charge on any atom is -0.444 e. The Bertz CT molecular complexity index is 5090. The number of rotatable bonds is 20. The van der Waals surface area contributed by atoms with Crippen LogP contribution in [0.4, 0.5) is 39.3 Å². The number of anilines is 6. The first-order valence-electron chi connectivity index (χ1n) is 34.1. The normalized spacial score (nSPS) is 13.4. The monoisotopic (exact) mass is 1740 g/mol. The van der Waals surface area contributed by atoms with Crippen molar-refractivity contribution in [1.29, 1.82) is 0 Å². The van der Waals surface area contributed by atoms with Crippen LogP contribution < -0.4 is 38.6 Å². The number of hydrogen-bond acceptors (Lipinski definition) is 22. The quantitative estimate of drug-likeness (QED) is 0.0115. The highest BCUT2D eigenvalue weighted by Crippen LogP contribution is 2.35. The van der Waals surface area contributed by atoms with Crippen molar-refractivity contribution in [2.75, 3.05) is 73.9 Å². The molecule has 3 saturated carbocycles. The summed E-state index contributed by atoms with van der Waals surface area (Å²) in [5.74, 6) is 0.741. The Labute approximate surface area is 665 Å². The van der Waals surface area contributed by atoms with E-state index in [1.165, 1.54) is 63.6 Å². The molecular formula is C74H79BCl3I2N21O7. The summed E-state index contributed by atoms with van der Waals surface area (Å²) in [7, 11) is 4.81. The molecule has 0 saturated heterocycles. The van der Waals surface area contributed by atoms with Crippen molar-refractivity contribution < 1.29 is 34.0 Å². The first kappa shape index (κ1) is 81.0. The lowest BCUT2D eigenvalue weighted by Gasteiger charge is -2.19. The number of benzene rings is 5. The maximum atomic E-state index is 12.4. The lowest BCUT2D eigenvalue weighted by Crippen LogP contribution is -2.29. The fourth-order valence-electron chi connectivity index (χ4n) is 10.7. The van der Waals surface area contributed by atoms with Gasteiger partial charge in [-0.15, -0.1) is 0 Å². The number of allylic oxidation sites excluding steroid dienone is 1. The lowest BCUT2D eigenvalue weighted by molar-refractivity contribution is -0.112. The van der Waals surface area contributed by atoms with Crippen molar-refractivity contribution in [2.45, 2.75) is 83.0 Å². The summed E-state index contributed by atoms with van der Waals surface area (Å²) < 4.78 is 11.7. The first-order valence-corrected chi connectivity index (χ1v) is 37.3. The molecule has 3 aliphatic carbocycles. The molecule has 0 radical (unpaired) electrons. The molecule has 3 fully saturated rings. The Morgan fingerprint density at radius 3 is 1.44 bits per heavy atom. The minimum absolute atomic E-state index is 0.159. The SMILES string of the molecule is CC(C)(C)OC(=O)Nc1ncnc2c1c(I)nn2-c1cccc(N)c1.CN(C/C=C/C(=O)Cl)C1CC1.CN(C/C=C/C(=O)Nc1cccc(-n2nc(-c3ccc(Cl)cc3)c3c(N)ncnc32)c1)C1CC1.CN(C/C=C/C(=O)Nc1cccc(-n2nc(I)c3c(N)ncnc32)c1)C1CC1.OB(O)c1ccc(Cl)cc1. The lowest BCUT2D eigenvalue weighted by atomic mass is 9.81. The molecule has 560 valence electrons. The van der Waals surface area contributed by atoms with Gasteiger partial charge in [-0.2, -0.15) is 15.3 Å². The number of nitrogen functional groups attached to an aromatic ring is 3. The number of amides is 3. The Hall–Kier alpha value is -9.56. The fraction of sp³-hybridized carbons (Fsp3) is 0.257. The van der Waals surface area contributed by atoms with Crippen LogP contribution in [0.5, 0.6) is 0 Å². The van der Waals surface area contributed by atoms with E-state index in [1.54, 1.807) is 102 Å². The third-order valence-corrected chi connectivity index (χ3v) is 18.7. The van der Waals surface area contributed by atoms with Gasteiger partial charge in [-0.3, -0.25) is 34.4 Å². The van der Waals surface area contributed by atoms with Crippen molar-refractivity contribution >= 4 is 183 Å². The highest BCUT2D eigenvalue weighted by Gasteiger charge is 2.28. The van der Waals surface area contributed by atoms with Gasteiger partial charge in [0.25, 0.3) is 0 Å². The molecule has 108 heavy (non-hydrogen) atoms. The van der Waals surface area contributed by atoms with E-state index in [1.807, 2.05) is 84.9 Å². The van der Waals surface area contributed by atoms with Crippen molar-refractivity contribution in [3.05, 3.63) is 194 Å². The number of nitrogens with zero attached hydrogens (tertiary/aromatic N) is 15. The van der Waals surface area contributed by atoms with E-state index in [2.05, 4.69) is 137 Å². The van der Waals surface area contributed by atoms with Crippen LogP contribution in [0.2, 0.25) is 10.0 Å². The standard InChI is InChI=1S/C25H24ClN7O.C19H20IN7O.C16H17IN6O2.C8H12ClNO.C6H6BClO2/c1-32(19-11-12-19)13-3-6-21(34)30-18-4-2-5-20(14-18)33-25-22(24(27)28-15-29-25)23(31-33)16-7-9-17(26)10-8-16;1-26(13-7-8-13)9-3-6-15(28)24-12-4-2-5-14(10-12)27-19-16(17(20)25-27)18(21)22-11-23-19;1-16(2,3)25-15(24)21-13-11-12(17)22-23(14(11)20-8-19-13)10-6-4-5-9(18)7-10;1-10(7-4-5-7)6-2-3-8(9)11;8-6-3-1-5(2-4-6)7(9)10/h2-10,14-15,19H,11-13H2,1H3,(H,30,34)(H2,27,28,29);2-6,10-11,13H,7-9H2,1H3,(H,24,28)(H2,21,22,23);4-8H,18H2,1-3H3,(H,19,20,21,24);2-3,7H,4-6H2,1H3;1-4,9-10H/b2*6-3+;;3-2+;. The number of nitrogens with two attached hydrogens (primary N) is 3. The zero-order valence-corrected chi connectivity index (χ0v) is 66.3. The molecule has 0 unspecified atom stereocenters. The van der Waals surface area contributed by atoms with E-state index in [9.17, 15) is 19.2 Å². The van der Waals surface area contributed by atoms with Gasteiger partial charge in [0.05, 0.1) is 33.2 Å². The van der Waals surface area contributed by atoms with Crippen LogP contribution in [-0.4, -0.2) is 179 Å². The average Bonchev–Trinajstić information content (AvgIpc) is 1.63. The summed E-state index contributed by atoms with van der Waals surface area (Å²) in [6.07, 6.45) is 21.3. The molecule has 6 heterocycles. The molecule has 11 aromatic rings. The van der Waals surface area contributed by atoms with E-state index in [0.717, 1.165) is 57.4 Å². The summed E-state index contributed by atoms with van der Waals surface area (Å²) >= 11 is 20.9. The molecule has 3 aliphatic rings. The number of hydrogen-bond donors (Lipinski definition) is 8. The van der Waals surface area contributed by atoms with Crippen molar-refractivity contribution in [2.24, 2.45) is 0 Å². The van der Waals surface area contributed by atoms with Crippen LogP contribution >= 0.6 is 80.0 Å². The molecular weight excluding hydrogens is 1670 g/mol. The zero-order valence-electron chi connectivity index (χ0n) is 59.7. The summed E-state index contributed by atoms with van der Waals surface area (Å²) in [5.41, 5.74) is 25.4. The van der Waals surface area contributed by atoms with Crippen LogP contribution in [-0.2, 0) is 19.1 Å². The number of aromatic nitrogens is 12. The number of halogens is 5. The van der Waals surface area contributed by atoms with Crippen molar-refractivity contribution in [3.8, 4) is 28.3 Å². The smallest absolute Gasteiger partial charge is 0.444 e. The largest absolute Gasteiger partial charge is 0.488 e. The van der Waals surface area contributed by atoms with Gasteiger partial charge in [0.2, 0.25) is 17.1 Å².